The molecule has 0 radical (unpaired) electrons. The van der Waals surface area contributed by atoms with E-state index in [9.17, 15) is 22.8 Å². The average Bonchev–Trinajstić information content (AvgIpc) is 2.81. The number of nitrogens with one attached hydrogen (secondary N) is 1. The normalized spacial score (nSPS) is 11.4. The number of hydrogen-bond donors (Lipinski definition) is 1. The van der Waals surface area contributed by atoms with E-state index in [4.69, 9.17) is 4.74 Å². The first-order valence-electron chi connectivity index (χ1n) is 13.0. The number of carbonyl (C=O) groups excluding carboxylic acids is 2. The van der Waals surface area contributed by atoms with Crippen molar-refractivity contribution >= 4 is 11.9 Å². The van der Waals surface area contributed by atoms with Gasteiger partial charge in [-0.15, -0.1) is 0 Å². The van der Waals surface area contributed by atoms with Crippen molar-refractivity contribution in [3.63, 3.8) is 0 Å². The number of esters is 1. The maximum absolute atomic E-state index is 12.7. The topological polar surface area (TPSA) is 55.4 Å². The lowest BCUT2D eigenvalue weighted by Gasteiger charge is -2.09. The van der Waals surface area contributed by atoms with Crippen LogP contribution in [0.5, 0.6) is 0 Å². The van der Waals surface area contributed by atoms with Crippen LogP contribution < -0.4 is 5.32 Å². The molecule has 0 aliphatic rings. The van der Waals surface area contributed by atoms with Crippen LogP contribution in [0.3, 0.4) is 0 Å². The summed E-state index contributed by atoms with van der Waals surface area (Å²) in [5.74, 6) is -1.06. The van der Waals surface area contributed by atoms with Crippen molar-refractivity contribution < 1.29 is 27.5 Å². The van der Waals surface area contributed by atoms with Gasteiger partial charge in [0.25, 0.3) is 5.91 Å². The number of alkyl halides is 3. The molecule has 1 aromatic rings. The highest BCUT2D eigenvalue weighted by Crippen LogP contribution is 2.29. The van der Waals surface area contributed by atoms with Gasteiger partial charge in [-0.05, 0) is 24.6 Å². The Morgan fingerprint density at radius 2 is 1.35 bits per heavy atom. The predicted octanol–water partition coefficient (Wildman–Crippen LogP) is 7.85. The van der Waals surface area contributed by atoms with Crippen molar-refractivity contribution in [3.05, 3.63) is 35.4 Å². The molecule has 7 heteroatoms. The first-order valence-corrected chi connectivity index (χ1v) is 13.0. The average molecular weight is 486 g/mol. The number of benzene rings is 1. The van der Waals surface area contributed by atoms with Gasteiger partial charge in [0.2, 0.25) is 0 Å². The SMILES string of the molecule is CCCCCCCCCCCCCCCCOC(=O)CCNC(=O)c1cccc(C(F)(F)F)c1. The summed E-state index contributed by atoms with van der Waals surface area (Å²) in [4.78, 5) is 23.7. The molecule has 4 nitrogen and oxygen atoms in total. The minimum absolute atomic E-state index is 0.0106. The van der Waals surface area contributed by atoms with Gasteiger partial charge in [0, 0.05) is 12.1 Å². The van der Waals surface area contributed by atoms with E-state index in [2.05, 4.69) is 12.2 Å². The Kier molecular flexibility index (Phi) is 16.1. The number of amides is 1. The molecule has 0 atom stereocenters. The zero-order valence-electron chi connectivity index (χ0n) is 20.7. The first kappa shape index (κ1) is 30.0. The van der Waals surface area contributed by atoms with Crippen LogP contribution in [-0.4, -0.2) is 25.0 Å². The standard InChI is InChI=1S/C27H42F3NO3/c1-2-3-4-5-6-7-8-9-10-11-12-13-14-15-21-34-25(32)19-20-31-26(33)23-17-16-18-24(22-23)27(28,29)30/h16-18,22H,2-15,19-21H2,1H3,(H,31,33). The highest BCUT2D eigenvalue weighted by atomic mass is 19.4. The number of unbranched alkanes of at least 4 members (excludes halogenated alkanes) is 13. The van der Waals surface area contributed by atoms with Gasteiger partial charge in [-0.3, -0.25) is 9.59 Å². The lowest BCUT2D eigenvalue weighted by atomic mass is 10.0. The molecular weight excluding hydrogens is 443 g/mol. The second kappa shape index (κ2) is 18.3. The Balaban J connectivity index is 1.95. The minimum Gasteiger partial charge on any atom is -0.466 e. The molecule has 0 heterocycles. The fourth-order valence-electron chi connectivity index (χ4n) is 3.77. The summed E-state index contributed by atoms with van der Waals surface area (Å²) < 4.78 is 43.3. The van der Waals surface area contributed by atoms with Crippen LogP contribution in [0.2, 0.25) is 0 Å². The fraction of sp³-hybridized carbons (Fsp3) is 0.704. The first-order chi connectivity index (χ1) is 16.3. The van der Waals surface area contributed by atoms with E-state index in [1.54, 1.807) is 0 Å². The lowest BCUT2D eigenvalue weighted by Crippen LogP contribution is -2.27. The second-order valence-corrected chi connectivity index (χ2v) is 8.90. The van der Waals surface area contributed by atoms with E-state index in [0.717, 1.165) is 31.4 Å². The summed E-state index contributed by atoms with van der Waals surface area (Å²) in [5.41, 5.74) is -0.974. The van der Waals surface area contributed by atoms with Gasteiger partial charge >= 0.3 is 12.1 Å². The molecule has 1 rings (SSSR count). The minimum atomic E-state index is -4.51. The number of halogens is 3. The molecule has 0 bridgehead atoms. The molecule has 0 aromatic heterocycles. The van der Waals surface area contributed by atoms with Gasteiger partial charge in [0.15, 0.2) is 0 Å². The predicted molar refractivity (Wildman–Crippen MR) is 130 cm³/mol. The number of carbonyl (C=O) groups is 2. The fourth-order valence-corrected chi connectivity index (χ4v) is 3.77. The van der Waals surface area contributed by atoms with Crippen molar-refractivity contribution in [1.82, 2.24) is 5.32 Å². The van der Waals surface area contributed by atoms with Crippen molar-refractivity contribution in [1.29, 1.82) is 0 Å². The van der Waals surface area contributed by atoms with E-state index < -0.39 is 23.6 Å². The van der Waals surface area contributed by atoms with Crippen LogP contribution in [0.4, 0.5) is 13.2 Å². The number of ether oxygens (including phenoxy) is 1. The summed E-state index contributed by atoms with van der Waals surface area (Å²) in [7, 11) is 0. The van der Waals surface area contributed by atoms with Crippen molar-refractivity contribution in [2.45, 2.75) is 109 Å². The molecule has 0 saturated heterocycles. The molecular formula is C27H42F3NO3. The van der Waals surface area contributed by atoms with Crippen LogP contribution in [0.25, 0.3) is 0 Å². The molecule has 0 fully saturated rings. The van der Waals surface area contributed by atoms with E-state index in [0.29, 0.717) is 6.61 Å². The summed E-state index contributed by atoms with van der Waals surface area (Å²) >= 11 is 0. The monoisotopic (exact) mass is 485 g/mol. The smallest absolute Gasteiger partial charge is 0.416 e. The van der Waals surface area contributed by atoms with Gasteiger partial charge in [-0.25, -0.2) is 0 Å². The van der Waals surface area contributed by atoms with Crippen molar-refractivity contribution in [2.75, 3.05) is 13.2 Å². The highest BCUT2D eigenvalue weighted by molar-refractivity contribution is 5.94. The number of hydrogen-bond acceptors (Lipinski definition) is 3. The molecule has 194 valence electrons. The van der Waals surface area contributed by atoms with E-state index in [1.165, 1.54) is 82.8 Å². The third kappa shape index (κ3) is 15.0. The van der Waals surface area contributed by atoms with Crippen LogP contribution in [0.15, 0.2) is 24.3 Å². The third-order valence-corrected chi connectivity index (χ3v) is 5.83. The van der Waals surface area contributed by atoms with E-state index >= 15 is 0 Å². The Hall–Kier alpha value is -2.05. The van der Waals surface area contributed by atoms with Crippen molar-refractivity contribution in [3.8, 4) is 0 Å². The van der Waals surface area contributed by atoms with Gasteiger partial charge < -0.3 is 10.1 Å². The molecule has 0 saturated carbocycles. The zero-order valence-corrected chi connectivity index (χ0v) is 20.7. The van der Waals surface area contributed by atoms with E-state index in [1.807, 2.05) is 0 Å². The quantitative estimate of drug-likeness (QED) is 0.160. The van der Waals surface area contributed by atoms with Gasteiger partial charge in [0.1, 0.15) is 0 Å². The number of rotatable bonds is 19. The molecule has 1 N–H and O–H groups in total. The Labute approximate surface area is 203 Å². The molecule has 0 aliphatic heterocycles. The Morgan fingerprint density at radius 1 is 0.824 bits per heavy atom. The largest absolute Gasteiger partial charge is 0.466 e. The lowest BCUT2D eigenvalue weighted by molar-refractivity contribution is -0.143. The maximum Gasteiger partial charge on any atom is 0.416 e. The van der Waals surface area contributed by atoms with Crippen LogP contribution in [0, 0.1) is 0 Å². The second-order valence-electron chi connectivity index (χ2n) is 8.90. The van der Waals surface area contributed by atoms with Crippen LogP contribution >= 0.6 is 0 Å². The van der Waals surface area contributed by atoms with E-state index in [-0.39, 0.29) is 18.5 Å². The molecule has 34 heavy (non-hydrogen) atoms. The third-order valence-electron chi connectivity index (χ3n) is 5.83. The van der Waals surface area contributed by atoms with Gasteiger partial charge in [-0.2, -0.15) is 13.2 Å². The highest BCUT2D eigenvalue weighted by Gasteiger charge is 2.30. The summed E-state index contributed by atoms with van der Waals surface area (Å²) in [5, 5.41) is 2.46. The van der Waals surface area contributed by atoms with Gasteiger partial charge in [0.05, 0.1) is 18.6 Å². The summed E-state index contributed by atoms with van der Waals surface area (Å²) in [6.45, 7) is 2.62. The molecule has 0 unspecified atom stereocenters. The molecule has 0 aliphatic carbocycles. The maximum atomic E-state index is 12.7. The molecule has 1 aromatic carbocycles. The van der Waals surface area contributed by atoms with Crippen molar-refractivity contribution in [2.24, 2.45) is 0 Å². The van der Waals surface area contributed by atoms with Crippen LogP contribution in [0.1, 0.15) is 119 Å². The summed E-state index contributed by atoms with van der Waals surface area (Å²) in [6.07, 6.45) is 13.1. The summed E-state index contributed by atoms with van der Waals surface area (Å²) in [6, 6.07) is 4.19. The van der Waals surface area contributed by atoms with Crippen LogP contribution in [-0.2, 0) is 15.7 Å². The Morgan fingerprint density at radius 3 is 1.88 bits per heavy atom. The van der Waals surface area contributed by atoms with Gasteiger partial charge in [-0.1, -0.05) is 96.5 Å². The molecule has 1 amide bonds. The zero-order chi connectivity index (χ0) is 25.1. The molecule has 0 spiro atoms. The Bertz CT molecular complexity index is 692.